The van der Waals surface area contributed by atoms with Crippen LogP contribution in [0.1, 0.15) is 22.8 Å². The van der Waals surface area contributed by atoms with Gasteiger partial charge in [-0.1, -0.05) is 42.0 Å². The molecule has 2 fully saturated rings. The Balaban J connectivity index is 1.44. The van der Waals surface area contributed by atoms with Gasteiger partial charge in [0.2, 0.25) is 11.8 Å². The molecule has 0 saturated carbocycles. The monoisotopic (exact) mass is 512 g/mol. The second-order valence-corrected chi connectivity index (χ2v) is 9.72. The van der Waals surface area contributed by atoms with Crippen LogP contribution in [0.25, 0.3) is 6.08 Å². The van der Waals surface area contributed by atoms with Crippen molar-refractivity contribution in [2.24, 2.45) is 11.8 Å². The fourth-order valence-corrected chi connectivity index (χ4v) is 5.81. The molecule has 0 aromatic heterocycles. The maximum absolute atomic E-state index is 14.1. The normalized spacial score (nSPS) is 23.5. The van der Waals surface area contributed by atoms with Gasteiger partial charge in [-0.2, -0.15) is 0 Å². The quantitative estimate of drug-likeness (QED) is 0.221. The van der Waals surface area contributed by atoms with Gasteiger partial charge in [0, 0.05) is 23.2 Å². The number of imide groups is 1. The number of hydrogen-bond acceptors (Lipinski definition) is 6. The molecule has 3 aliphatic heterocycles. The molecule has 3 aromatic carbocycles. The number of benzene rings is 3. The molecule has 2 amide bonds. The average Bonchev–Trinajstić information content (AvgIpc) is 3.37. The van der Waals surface area contributed by atoms with E-state index in [2.05, 4.69) is 0 Å². The first-order valence-electron chi connectivity index (χ1n) is 11.9. The van der Waals surface area contributed by atoms with Crippen LogP contribution in [0, 0.1) is 11.8 Å². The minimum Gasteiger partial charge on any atom is -0.427 e. The molecule has 0 radical (unpaired) electrons. The number of esters is 1. The maximum atomic E-state index is 14.1. The van der Waals surface area contributed by atoms with E-state index in [1.807, 2.05) is 41.3 Å². The number of halogens is 1. The molecule has 0 bridgehead atoms. The Kier molecular flexibility index (Phi) is 5.46. The van der Waals surface area contributed by atoms with Gasteiger partial charge in [0.15, 0.2) is 5.78 Å². The van der Waals surface area contributed by atoms with E-state index in [-0.39, 0.29) is 11.7 Å². The summed E-state index contributed by atoms with van der Waals surface area (Å²) in [7, 11) is 0. The molecule has 0 N–H and O–H groups in total. The number of hydrogen-bond donors (Lipinski definition) is 0. The highest BCUT2D eigenvalue weighted by Crippen LogP contribution is 2.49. The lowest BCUT2D eigenvalue weighted by molar-refractivity contribution is -0.132. The Morgan fingerprint density at radius 3 is 2.24 bits per heavy atom. The summed E-state index contributed by atoms with van der Waals surface area (Å²) >= 11 is 6.02. The fraction of sp³-hybridized carbons (Fsp3) is 0.172. The number of Topliss-reactive ketones (excluding diaryl/α,β-unsaturated/α-hetero) is 1. The van der Waals surface area contributed by atoms with E-state index in [1.165, 1.54) is 11.8 Å². The van der Waals surface area contributed by atoms with Crippen molar-refractivity contribution in [3.05, 3.63) is 95.0 Å². The maximum Gasteiger partial charge on any atom is 0.308 e. The summed E-state index contributed by atoms with van der Waals surface area (Å²) in [6.45, 7) is 1.30. The number of nitrogens with zero attached hydrogens (tertiary/aromatic N) is 2. The third kappa shape index (κ3) is 3.65. The largest absolute Gasteiger partial charge is 0.427 e. The van der Waals surface area contributed by atoms with E-state index in [0.29, 0.717) is 22.0 Å². The van der Waals surface area contributed by atoms with Gasteiger partial charge in [0.05, 0.1) is 23.6 Å². The first kappa shape index (κ1) is 23.2. The zero-order valence-electron chi connectivity index (χ0n) is 19.7. The Morgan fingerprint density at radius 2 is 1.54 bits per heavy atom. The summed E-state index contributed by atoms with van der Waals surface area (Å²) in [6, 6.07) is 19.0. The highest BCUT2D eigenvalue weighted by molar-refractivity contribution is 6.31. The number of para-hydroxylation sites is 1. The van der Waals surface area contributed by atoms with Crippen LogP contribution in [0.3, 0.4) is 0 Å². The predicted octanol–water partition coefficient (Wildman–Crippen LogP) is 4.54. The summed E-state index contributed by atoms with van der Waals surface area (Å²) in [5.41, 5.74) is 2.50. The summed E-state index contributed by atoms with van der Waals surface area (Å²) < 4.78 is 5.09. The summed E-state index contributed by atoms with van der Waals surface area (Å²) in [5.74, 6) is -2.76. The van der Waals surface area contributed by atoms with Crippen LogP contribution >= 0.6 is 11.6 Å². The topological polar surface area (TPSA) is 84.0 Å². The molecule has 4 atom stereocenters. The highest BCUT2D eigenvalue weighted by Gasteiger charge is 2.64. The van der Waals surface area contributed by atoms with E-state index >= 15 is 0 Å². The number of anilines is 2. The molecule has 8 heteroatoms. The molecule has 0 spiro atoms. The summed E-state index contributed by atoms with van der Waals surface area (Å²) in [4.78, 5) is 56.1. The molecule has 3 aromatic rings. The SMILES string of the molecule is CC(=O)Oc1ccc(C(=O)[C@@H]2[C@@H]3C(=O)N(c4ccc(Cl)cc4)C(=O)[C@H]3[C@@H]3C=Cc4ccccc4N23)cc1. The zero-order chi connectivity index (χ0) is 25.8. The Bertz CT molecular complexity index is 1480. The Morgan fingerprint density at radius 1 is 0.865 bits per heavy atom. The van der Waals surface area contributed by atoms with E-state index < -0.39 is 35.8 Å². The molecule has 37 heavy (non-hydrogen) atoms. The smallest absolute Gasteiger partial charge is 0.308 e. The van der Waals surface area contributed by atoms with Crippen molar-refractivity contribution in [2.45, 2.75) is 19.0 Å². The number of rotatable bonds is 4. The van der Waals surface area contributed by atoms with E-state index in [9.17, 15) is 19.2 Å². The van der Waals surface area contributed by atoms with Crippen LogP contribution < -0.4 is 14.5 Å². The van der Waals surface area contributed by atoms with Crippen molar-refractivity contribution in [1.82, 2.24) is 0 Å². The van der Waals surface area contributed by atoms with Crippen LogP contribution in [0.2, 0.25) is 5.02 Å². The number of carbonyl (C=O) groups excluding carboxylic acids is 4. The average molecular weight is 513 g/mol. The fourth-order valence-electron chi connectivity index (χ4n) is 5.68. The highest BCUT2D eigenvalue weighted by atomic mass is 35.5. The van der Waals surface area contributed by atoms with Crippen LogP contribution in [0.5, 0.6) is 5.75 Å². The number of ketones is 1. The van der Waals surface area contributed by atoms with Crippen molar-refractivity contribution in [2.75, 3.05) is 9.80 Å². The predicted molar refractivity (Wildman–Crippen MR) is 139 cm³/mol. The van der Waals surface area contributed by atoms with Gasteiger partial charge >= 0.3 is 5.97 Å². The number of ether oxygens (including phenoxy) is 1. The van der Waals surface area contributed by atoms with Crippen molar-refractivity contribution in [3.8, 4) is 5.75 Å². The number of amides is 2. The molecule has 7 nitrogen and oxygen atoms in total. The molecule has 0 aliphatic carbocycles. The van der Waals surface area contributed by atoms with E-state index in [1.54, 1.807) is 48.5 Å². The molecule has 0 unspecified atom stereocenters. The van der Waals surface area contributed by atoms with Crippen LogP contribution in [0.15, 0.2) is 78.9 Å². The lowest BCUT2D eigenvalue weighted by atomic mass is 9.86. The van der Waals surface area contributed by atoms with Crippen molar-refractivity contribution >= 4 is 52.6 Å². The lowest BCUT2D eigenvalue weighted by Crippen LogP contribution is -2.48. The van der Waals surface area contributed by atoms with Gasteiger partial charge in [-0.25, -0.2) is 4.90 Å². The molecule has 6 rings (SSSR count). The zero-order valence-corrected chi connectivity index (χ0v) is 20.5. The van der Waals surface area contributed by atoms with Gasteiger partial charge in [0.25, 0.3) is 0 Å². The first-order valence-corrected chi connectivity index (χ1v) is 12.2. The van der Waals surface area contributed by atoms with Crippen LogP contribution in [-0.2, 0) is 14.4 Å². The second-order valence-electron chi connectivity index (χ2n) is 9.28. The van der Waals surface area contributed by atoms with Gasteiger partial charge in [-0.05, 0) is 60.2 Å². The molecule has 3 heterocycles. The first-order chi connectivity index (χ1) is 17.8. The minimum atomic E-state index is -0.894. The number of fused-ring (bicyclic) bond motifs is 5. The van der Waals surface area contributed by atoms with Crippen LogP contribution in [0.4, 0.5) is 11.4 Å². The lowest BCUT2D eigenvalue weighted by Gasteiger charge is -2.36. The summed E-state index contributed by atoms with van der Waals surface area (Å²) in [5, 5.41) is 0.492. The molecular formula is C29H21ClN2O5. The second kappa shape index (κ2) is 8.71. The van der Waals surface area contributed by atoms with Crippen molar-refractivity contribution in [1.29, 1.82) is 0 Å². The van der Waals surface area contributed by atoms with Gasteiger partial charge in [-0.3, -0.25) is 19.2 Å². The molecule has 3 aliphatic rings. The molecule has 184 valence electrons. The van der Waals surface area contributed by atoms with Crippen LogP contribution in [-0.4, -0.2) is 35.7 Å². The van der Waals surface area contributed by atoms with Gasteiger partial charge in [0.1, 0.15) is 11.8 Å². The number of carbonyl (C=O) groups is 4. The Labute approximate surface area is 217 Å². The van der Waals surface area contributed by atoms with E-state index in [4.69, 9.17) is 16.3 Å². The summed E-state index contributed by atoms with van der Waals surface area (Å²) in [6.07, 6.45) is 3.85. The van der Waals surface area contributed by atoms with Gasteiger partial charge in [-0.15, -0.1) is 0 Å². The molecular weight excluding hydrogens is 492 g/mol. The third-order valence-electron chi connectivity index (χ3n) is 7.17. The van der Waals surface area contributed by atoms with E-state index in [0.717, 1.165) is 11.3 Å². The minimum absolute atomic E-state index is 0.281. The third-order valence-corrected chi connectivity index (χ3v) is 7.42. The van der Waals surface area contributed by atoms with Gasteiger partial charge < -0.3 is 9.64 Å². The van der Waals surface area contributed by atoms with Crippen molar-refractivity contribution in [3.63, 3.8) is 0 Å². The van der Waals surface area contributed by atoms with Crippen molar-refractivity contribution < 1.29 is 23.9 Å². The standard InChI is InChI=1S/C29H21ClN2O5/c1-16(33)37-21-13-6-18(7-14-21)27(34)26-25-24(23-15-8-17-4-2-3-5-22(17)32(23)26)28(35)31(29(25)36)20-11-9-19(30)10-12-20/h2-15,23-26H,1H3/t23-,24-,25+,26-/m0/s1. The molecule has 2 saturated heterocycles. The Hall–Kier alpha value is -4.23.